The predicted octanol–water partition coefficient (Wildman–Crippen LogP) is 2.72. The molecule has 0 spiro atoms. The first-order chi connectivity index (χ1) is 11.1. The number of halogens is 1. The van der Waals surface area contributed by atoms with E-state index < -0.39 is 0 Å². The number of nitrogens with zero attached hydrogens (tertiary/aromatic N) is 1. The minimum Gasteiger partial charge on any atom is -0.494 e. The van der Waals surface area contributed by atoms with Crippen molar-refractivity contribution in [2.45, 2.75) is 32.2 Å². The molecule has 0 aromatic heterocycles. The molecule has 0 saturated carbocycles. The Morgan fingerprint density at radius 1 is 1.33 bits per heavy atom. The SMILES string of the molecule is COCCCOc1ccc(C(=O)N2CCCC(C(C)N)C2)cc1.Cl. The molecule has 0 radical (unpaired) electrons. The number of ether oxygens (including phenoxy) is 2. The first-order valence-corrected chi connectivity index (χ1v) is 8.38. The first-order valence-electron chi connectivity index (χ1n) is 8.38. The maximum Gasteiger partial charge on any atom is 0.253 e. The second kappa shape index (κ2) is 10.5. The lowest BCUT2D eigenvalue weighted by atomic mass is 9.92. The zero-order valence-corrected chi connectivity index (χ0v) is 15.4. The highest BCUT2D eigenvalue weighted by Crippen LogP contribution is 2.21. The number of benzene rings is 1. The van der Waals surface area contributed by atoms with Crippen LogP contribution in [0.15, 0.2) is 24.3 Å². The van der Waals surface area contributed by atoms with E-state index in [1.165, 1.54) is 0 Å². The van der Waals surface area contributed by atoms with Crippen LogP contribution in [0.4, 0.5) is 0 Å². The van der Waals surface area contributed by atoms with E-state index in [1.54, 1.807) is 7.11 Å². The molecule has 1 fully saturated rings. The van der Waals surface area contributed by atoms with Crippen LogP contribution in [0.2, 0.25) is 0 Å². The van der Waals surface area contributed by atoms with Crippen LogP contribution < -0.4 is 10.5 Å². The van der Waals surface area contributed by atoms with Crippen molar-refractivity contribution in [1.82, 2.24) is 4.90 Å². The Kier molecular flexibility index (Phi) is 9.11. The summed E-state index contributed by atoms with van der Waals surface area (Å²) in [6.45, 7) is 4.90. The van der Waals surface area contributed by atoms with Gasteiger partial charge in [-0.15, -0.1) is 12.4 Å². The summed E-state index contributed by atoms with van der Waals surface area (Å²) in [5.74, 6) is 1.27. The van der Waals surface area contributed by atoms with E-state index in [0.717, 1.165) is 38.1 Å². The molecule has 2 rings (SSSR count). The third kappa shape index (κ3) is 5.96. The van der Waals surface area contributed by atoms with Crippen molar-refractivity contribution >= 4 is 18.3 Å². The van der Waals surface area contributed by atoms with Gasteiger partial charge in [0.2, 0.25) is 0 Å². The highest BCUT2D eigenvalue weighted by molar-refractivity contribution is 5.94. The van der Waals surface area contributed by atoms with E-state index in [4.69, 9.17) is 15.2 Å². The molecule has 0 bridgehead atoms. The van der Waals surface area contributed by atoms with Gasteiger partial charge >= 0.3 is 0 Å². The zero-order valence-electron chi connectivity index (χ0n) is 14.6. The van der Waals surface area contributed by atoms with E-state index >= 15 is 0 Å². The average Bonchev–Trinajstić information content (AvgIpc) is 2.59. The fourth-order valence-electron chi connectivity index (χ4n) is 2.89. The maximum absolute atomic E-state index is 12.6. The molecular weight excluding hydrogens is 328 g/mol. The third-order valence-electron chi connectivity index (χ3n) is 4.35. The van der Waals surface area contributed by atoms with Crippen LogP contribution in [0.25, 0.3) is 0 Å². The minimum atomic E-state index is 0. The van der Waals surface area contributed by atoms with Crippen molar-refractivity contribution in [3.8, 4) is 5.75 Å². The van der Waals surface area contributed by atoms with Crippen LogP contribution in [0, 0.1) is 5.92 Å². The largest absolute Gasteiger partial charge is 0.494 e. The Balaban J connectivity index is 0.00000288. The molecule has 1 saturated heterocycles. The van der Waals surface area contributed by atoms with E-state index in [-0.39, 0.29) is 24.4 Å². The van der Waals surface area contributed by atoms with Crippen molar-refractivity contribution in [3.63, 3.8) is 0 Å². The molecule has 5 nitrogen and oxygen atoms in total. The standard InChI is InChI=1S/C18H28N2O3.ClH/c1-14(19)16-5-3-10-20(13-16)18(21)15-6-8-17(9-7-15)23-12-4-11-22-2;/h6-9,14,16H,3-5,10-13,19H2,1-2H3;1H. The van der Waals surface area contributed by atoms with Crippen molar-refractivity contribution < 1.29 is 14.3 Å². The molecule has 1 aliphatic rings. The van der Waals surface area contributed by atoms with Gasteiger partial charge in [0.05, 0.1) is 6.61 Å². The molecule has 1 aromatic carbocycles. The van der Waals surface area contributed by atoms with Gasteiger partial charge in [0.25, 0.3) is 5.91 Å². The van der Waals surface area contributed by atoms with Crippen LogP contribution in [-0.4, -0.2) is 50.3 Å². The smallest absolute Gasteiger partial charge is 0.253 e. The Hall–Kier alpha value is -1.30. The minimum absolute atomic E-state index is 0. The number of carbonyl (C=O) groups excluding carboxylic acids is 1. The highest BCUT2D eigenvalue weighted by Gasteiger charge is 2.26. The average molecular weight is 357 g/mol. The van der Waals surface area contributed by atoms with Crippen molar-refractivity contribution in [2.75, 3.05) is 33.4 Å². The van der Waals surface area contributed by atoms with Gasteiger partial charge in [-0.1, -0.05) is 0 Å². The van der Waals surface area contributed by atoms with Crippen molar-refractivity contribution in [2.24, 2.45) is 11.7 Å². The van der Waals surface area contributed by atoms with E-state index in [0.29, 0.717) is 24.7 Å². The van der Waals surface area contributed by atoms with Crippen LogP contribution in [0.1, 0.15) is 36.5 Å². The number of amides is 1. The number of methoxy groups -OCH3 is 1. The molecule has 1 amide bonds. The van der Waals surface area contributed by atoms with Crippen LogP contribution in [0.3, 0.4) is 0 Å². The van der Waals surface area contributed by atoms with Gasteiger partial charge in [-0.2, -0.15) is 0 Å². The van der Waals surface area contributed by atoms with Gasteiger partial charge in [-0.25, -0.2) is 0 Å². The monoisotopic (exact) mass is 356 g/mol. The summed E-state index contributed by atoms with van der Waals surface area (Å²) in [4.78, 5) is 14.5. The number of rotatable bonds is 7. The number of likely N-dealkylation sites (tertiary alicyclic amines) is 1. The molecular formula is C18H29ClN2O3. The fourth-order valence-corrected chi connectivity index (χ4v) is 2.89. The summed E-state index contributed by atoms with van der Waals surface area (Å²) in [7, 11) is 1.68. The van der Waals surface area contributed by atoms with Gasteiger partial charge < -0.3 is 20.1 Å². The van der Waals surface area contributed by atoms with E-state index in [9.17, 15) is 4.79 Å². The lowest BCUT2D eigenvalue weighted by Gasteiger charge is -2.34. The molecule has 2 N–H and O–H groups in total. The maximum atomic E-state index is 12.6. The Labute approximate surface area is 150 Å². The molecule has 6 heteroatoms. The molecule has 136 valence electrons. The second-order valence-electron chi connectivity index (χ2n) is 6.23. The van der Waals surface area contributed by atoms with E-state index in [2.05, 4.69) is 0 Å². The summed E-state index contributed by atoms with van der Waals surface area (Å²) in [6.07, 6.45) is 2.98. The number of carbonyl (C=O) groups is 1. The Bertz CT molecular complexity index is 494. The summed E-state index contributed by atoms with van der Waals surface area (Å²) >= 11 is 0. The second-order valence-corrected chi connectivity index (χ2v) is 6.23. The van der Waals surface area contributed by atoms with Crippen LogP contribution >= 0.6 is 12.4 Å². The third-order valence-corrected chi connectivity index (χ3v) is 4.35. The van der Waals surface area contributed by atoms with E-state index in [1.807, 2.05) is 36.1 Å². The summed E-state index contributed by atoms with van der Waals surface area (Å²) in [6, 6.07) is 7.51. The number of hydrogen-bond acceptors (Lipinski definition) is 4. The molecule has 24 heavy (non-hydrogen) atoms. The molecule has 1 heterocycles. The van der Waals surface area contributed by atoms with Crippen molar-refractivity contribution in [3.05, 3.63) is 29.8 Å². The topological polar surface area (TPSA) is 64.8 Å². The first kappa shape index (κ1) is 20.7. The quantitative estimate of drug-likeness (QED) is 0.763. The molecule has 2 atom stereocenters. The number of piperidine rings is 1. The Morgan fingerprint density at radius 3 is 2.67 bits per heavy atom. The molecule has 1 aromatic rings. The fraction of sp³-hybridized carbons (Fsp3) is 0.611. The highest BCUT2D eigenvalue weighted by atomic mass is 35.5. The summed E-state index contributed by atoms with van der Waals surface area (Å²) in [5, 5.41) is 0. The Morgan fingerprint density at radius 2 is 2.04 bits per heavy atom. The zero-order chi connectivity index (χ0) is 16.7. The molecule has 0 aliphatic carbocycles. The van der Waals surface area contributed by atoms with Gasteiger partial charge in [-0.05, 0) is 49.9 Å². The molecule has 1 aliphatic heterocycles. The van der Waals surface area contributed by atoms with Gasteiger partial charge in [0.15, 0.2) is 0 Å². The molecule has 2 unspecified atom stereocenters. The predicted molar refractivity (Wildman–Crippen MR) is 98.0 cm³/mol. The number of nitrogens with two attached hydrogens (primary N) is 1. The normalized spacial score (nSPS) is 18.6. The number of hydrogen-bond donors (Lipinski definition) is 1. The van der Waals surface area contributed by atoms with Gasteiger partial charge in [0, 0.05) is 44.8 Å². The lowest BCUT2D eigenvalue weighted by molar-refractivity contribution is 0.0661. The van der Waals surface area contributed by atoms with Crippen molar-refractivity contribution in [1.29, 1.82) is 0 Å². The summed E-state index contributed by atoms with van der Waals surface area (Å²) < 4.78 is 10.6. The van der Waals surface area contributed by atoms with Crippen LogP contribution in [-0.2, 0) is 4.74 Å². The van der Waals surface area contributed by atoms with Crippen LogP contribution in [0.5, 0.6) is 5.75 Å². The van der Waals surface area contributed by atoms with Gasteiger partial charge in [-0.3, -0.25) is 4.79 Å². The lowest BCUT2D eigenvalue weighted by Crippen LogP contribution is -2.45. The van der Waals surface area contributed by atoms with Gasteiger partial charge in [0.1, 0.15) is 5.75 Å². The summed E-state index contributed by atoms with van der Waals surface area (Å²) in [5.41, 5.74) is 6.70.